The monoisotopic (exact) mass is 284 g/mol. The van der Waals surface area contributed by atoms with Crippen LogP contribution in [0.4, 0.5) is 5.69 Å². The van der Waals surface area contributed by atoms with Crippen molar-refractivity contribution in [3.05, 3.63) is 70.0 Å². The number of hydrogen-bond acceptors (Lipinski definition) is 2. The molecule has 3 nitrogen and oxygen atoms in total. The van der Waals surface area contributed by atoms with Crippen LogP contribution in [0.5, 0.6) is 0 Å². The van der Waals surface area contributed by atoms with Crippen LogP contribution in [0.3, 0.4) is 0 Å². The Kier molecular flexibility index (Phi) is 3.20. The zero-order chi connectivity index (χ0) is 14.1. The molecule has 0 unspecified atom stereocenters. The number of para-hydroxylation sites is 1. The zero-order valence-electron chi connectivity index (χ0n) is 10.9. The van der Waals surface area contributed by atoms with E-state index >= 15 is 0 Å². The normalized spacial score (nSPS) is 10.7. The van der Waals surface area contributed by atoms with Crippen molar-refractivity contribution in [1.29, 1.82) is 0 Å². The summed E-state index contributed by atoms with van der Waals surface area (Å²) in [5, 5.41) is 4.62. The largest absolute Gasteiger partial charge is 0.387 e. The number of rotatable bonds is 2. The van der Waals surface area contributed by atoms with Crippen molar-refractivity contribution in [2.45, 2.75) is 0 Å². The number of fused-ring (bicyclic) bond motifs is 1. The van der Waals surface area contributed by atoms with E-state index in [0.717, 1.165) is 22.3 Å². The second-order valence-corrected chi connectivity index (χ2v) is 4.92. The van der Waals surface area contributed by atoms with Gasteiger partial charge in [0, 0.05) is 34.9 Å². The SMILES string of the molecule is CNc1cc(=O)n(-c2ccccc2)c2cc(Cl)ccc12. The second kappa shape index (κ2) is 5.02. The van der Waals surface area contributed by atoms with Gasteiger partial charge in [0.05, 0.1) is 5.52 Å². The molecule has 0 fully saturated rings. The summed E-state index contributed by atoms with van der Waals surface area (Å²) in [4.78, 5) is 12.4. The zero-order valence-corrected chi connectivity index (χ0v) is 11.7. The molecule has 0 aliphatic carbocycles. The van der Waals surface area contributed by atoms with Gasteiger partial charge in [-0.2, -0.15) is 0 Å². The highest BCUT2D eigenvalue weighted by atomic mass is 35.5. The van der Waals surface area contributed by atoms with Gasteiger partial charge in [0.15, 0.2) is 0 Å². The van der Waals surface area contributed by atoms with Crippen LogP contribution >= 0.6 is 11.6 Å². The molecule has 0 saturated carbocycles. The maximum atomic E-state index is 12.4. The summed E-state index contributed by atoms with van der Waals surface area (Å²) in [5.74, 6) is 0. The van der Waals surface area contributed by atoms with Crippen molar-refractivity contribution in [3.8, 4) is 5.69 Å². The summed E-state index contributed by atoms with van der Waals surface area (Å²) in [6.45, 7) is 0. The van der Waals surface area contributed by atoms with Crippen LogP contribution in [-0.4, -0.2) is 11.6 Å². The van der Waals surface area contributed by atoms with Gasteiger partial charge in [0.1, 0.15) is 0 Å². The van der Waals surface area contributed by atoms with Gasteiger partial charge in [0.25, 0.3) is 5.56 Å². The summed E-state index contributed by atoms with van der Waals surface area (Å²) in [5.41, 5.74) is 2.33. The summed E-state index contributed by atoms with van der Waals surface area (Å²) in [6, 6.07) is 16.7. The van der Waals surface area contributed by atoms with Crippen molar-refractivity contribution in [2.75, 3.05) is 12.4 Å². The first-order valence-electron chi connectivity index (χ1n) is 6.29. The topological polar surface area (TPSA) is 34.0 Å². The van der Waals surface area contributed by atoms with E-state index in [1.807, 2.05) is 48.5 Å². The Morgan fingerprint density at radius 2 is 1.80 bits per heavy atom. The molecular formula is C16H13ClN2O. The highest BCUT2D eigenvalue weighted by Gasteiger charge is 2.09. The van der Waals surface area contributed by atoms with Crippen LogP contribution in [0.2, 0.25) is 5.02 Å². The molecule has 100 valence electrons. The Balaban J connectivity index is 2.46. The van der Waals surface area contributed by atoms with Gasteiger partial charge in [-0.15, -0.1) is 0 Å². The van der Waals surface area contributed by atoms with Crippen LogP contribution in [-0.2, 0) is 0 Å². The van der Waals surface area contributed by atoms with Crippen molar-refractivity contribution in [1.82, 2.24) is 4.57 Å². The molecule has 0 aliphatic heterocycles. The van der Waals surface area contributed by atoms with E-state index in [1.54, 1.807) is 17.7 Å². The fourth-order valence-corrected chi connectivity index (χ4v) is 2.52. The summed E-state index contributed by atoms with van der Waals surface area (Å²) in [7, 11) is 1.80. The van der Waals surface area contributed by atoms with E-state index in [0.29, 0.717) is 5.02 Å². The second-order valence-electron chi connectivity index (χ2n) is 4.48. The molecule has 3 rings (SSSR count). The lowest BCUT2D eigenvalue weighted by molar-refractivity contribution is 1.04. The predicted octanol–water partition coefficient (Wildman–Crippen LogP) is 3.69. The van der Waals surface area contributed by atoms with E-state index in [9.17, 15) is 4.79 Å². The predicted molar refractivity (Wildman–Crippen MR) is 84.1 cm³/mol. The summed E-state index contributed by atoms with van der Waals surface area (Å²) < 4.78 is 1.67. The molecule has 20 heavy (non-hydrogen) atoms. The third-order valence-corrected chi connectivity index (χ3v) is 3.50. The molecule has 0 saturated heterocycles. The van der Waals surface area contributed by atoms with Gasteiger partial charge in [0.2, 0.25) is 0 Å². The average molecular weight is 285 g/mol. The number of hydrogen-bond donors (Lipinski definition) is 1. The van der Waals surface area contributed by atoms with Crippen LogP contribution in [0.1, 0.15) is 0 Å². The van der Waals surface area contributed by atoms with Crippen LogP contribution in [0.25, 0.3) is 16.6 Å². The van der Waals surface area contributed by atoms with Gasteiger partial charge < -0.3 is 5.32 Å². The third-order valence-electron chi connectivity index (χ3n) is 3.26. The van der Waals surface area contributed by atoms with Crippen molar-refractivity contribution >= 4 is 28.2 Å². The standard InChI is InChI=1S/C16H13ClN2O/c1-18-14-10-16(20)19(12-5-3-2-4-6-12)15-9-11(17)7-8-13(14)15/h2-10,18H,1H3. The molecule has 0 bridgehead atoms. The highest BCUT2D eigenvalue weighted by molar-refractivity contribution is 6.31. The molecule has 1 aromatic heterocycles. The fraction of sp³-hybridized carbons (Fsp3) is 0.0625. The van der Waals surface area contributed by atoms with E-state index in [1.165, 1.54) is 0 Å². The lowest BCUT2D eigenvalue weighted by Gasteiger charge is -2.13. The molecular weight excluding hydrogens is 272 g/mol. The van der Waals surface area contributed by atoms with E-state index in [4.69, 9.17) is 11.6 Å². The molecule has 0 aliphatic rings. The molecule has 0 spiro atoms. The number of anilines is 1. The number of benzene rings is 2. The van der Waals surface area contributed by atoms with Crippen LogP contribution < -0.4 is 10.9 Å². The summed E-state index contributed by atoms with van der Waals surface area (Å²) in [6.07, 6.45) is 0. The number of nitrogens with one attached hydrogen (secondary N) is 1. The smallest absolute Gasteiger partial charge is 0.257 e. The fourth-order valence-electron chi connectivity index (χ4n) is 2.35. The Hall–Kier alpha value is -2.26. The Bertz CT molecular complexity index is 825. The van der Waals surface area contributed by atoms with Crippen molar-refractivity contribution in [3.63, 3.8) is 0 Å². The molecule has 4 heteroatoms. The minimum atomic E-state index is -0.0877. The lowest BCUT2D eigenvalue weighted by atomic mass is 10.1. The van der Waals surface area contributed by atoms with E-state index in [2.05, 4.69) is 5.32 Å². The van der Waals surface area contributed by atoms with Gasteiger partial charge >= 0.3 is 0 Å². The lowest BCUT2D eigenvalue weighted by Crippen LogP contribution is -2.18. The molecule has 1 heterocycles. The number of halogens is 1. The molecule has 0 atom stereocenters. The van der Waals surface area contributed by atoms with Crippen molar-refractivity contribution in [2.24, 2.45) is 0 Å². The Labute approximate surface area is 121 Å². The number of nitrogens with zero attached hydrogens (tertiary/aromatic N) is 1. The first kappa shape index (κ1) is 12.8. The minimum absolute atomic E-state index is 0.0877. The average Bonchev–Trinajstić information content (AvgIpc) is 2.47. The molecule has 0 radical (unpaired) electrons. The van der Waals surface area contributed by atoms with Gasteiger partial charge in [-0.25, -0.2) is 0 Å². The quantitative estimate of drug-likeness (QED) is 0.779. The van der Waals surface area contributed by atoms with Crippen molar-refractivity contribution < 1.29 is 0 Å². The highest BCUT2D eigenvalue weighted by Crippen LogP contribution is 2.26. The maximum Gasteiger partial charge on any atom is 0.257 e. The maximum absolute atomic E-state index is 12.4. The third kappa shape index (κ3) is 2.06. The minimum Gasteiger partial charge on any atom is -0.387 e. The molecule has 2 aromatic carbocycles. The Morgan fingerprint density at radius 3 is 2.50 bits per heavy atom. The first-order chi connectivity index (χ1) is 9.70. The van der Waals surface area contributed by atoms with E-state index < -0.39 is 0 Å². The van der Waals surface area contributed by atoms with Crippen LogP contribution in [0.15, 0.2) is 59.4 Å². The number of aromatic nitrogens is 1. The van der Waals surface area contributed by atoms with Gasteiger partial charge in [-0.3, -0.25) is 9.36 Å². The molecule has 3 aromatic rings. The molecule has 0 amide bonds. The number of pyridine rings is 1. The van der Waals surface area contributed by atoms with E-state index in [-0.39, 0.29) is 5.56 Å². The Morgan fingerprint density at radius 1 is 1.05 bits per heavy atom. The van der Waals surface area contributed by atoms with Gasteiger partial charge in [-0.05, 0) is 30.3 Å². The molecule has 1 N–H and O–H groups in total. The van der Waals surface area contributed by atoms with Crippen LogP contribution in [0, 0.1) is 0 Å². The summed E-state index contributed by atoms with van der Waals surface area (Å²) >= 11 is 6.09. The first-order valence-corrected chi connectivity index (χ1v) is 6.67. The van der Waals surface area contributed by atoms with Gasteiger partial charge in [-0.1, -0.05) is 29.8 Å².